The Morgan fingerprint density at radius 1 is 0.929 bits per heavy atom. The molecule has 0 aromatic heterocycles. The zero-order chi connectivity index (χ0) is 9.80. The summed E-state index contributed by atoms with van der Waals surface area (Å²) >= 11 is 0. The third kappa shape index (κ3) is 2.28. The molecule has 0 unspecified atom stereocenters. The van der Waals surface area contributed by atoms with Crippen LogP contribution in [0.1, 0.15) is 25.7 Å². The van der Waals surface area contributed by atoms with Crippen molar-refractivity contribution in [3.8, 4) is 0 Å². The number of hydrogen-bond donors (Lipinski definition) is 0. The van der Waals surface area contributed by atoms with E-state index in [0.717, 1.165) is 26.2 Å². The highest BCUT2D eigenvalue weighted by Crippen LogP contribution is 2.10. The van der Waals surface area contributed by atoms with E-state index in [1.807, 2.05) is 11.1 Å². The normalized spacial score (nSPS) is 22.6. The number of amides is 1. The van der Waals surface area contributed by atoms with E-state index < -0.39 is 0 Å². The highest BCUT2D eigenvalue weighted by molar-refractivity contribution is 5.87. The van der Waals surface area contributed by atoms with Crippen LogP contribution in [0.15, 0.2) is 12.3 Å². The van der Waals surface area contributed by atoms with Crippen molar-refractivity contribution in [3.63, 3.8) is 0 Å². The van der Waals surface area contributed by atoms with Gasteiger partial charge >= 0.3 is 0 Å². The maximum atomic E-state index is 11.6. The second kappa shape index (κ2) is 4.49. The van der Waals surface area contributed by atoms with Gasteiger partial charge in [0, 0.05) is 38.5 Å². The lowest BCUT2D eigenvalue weighted by Crippen LogP contribution is -2.26. The molecular formula is C11H18N2O. The van der Waals surface area contributed by atoms with E-state index in [2.05, 4.69) is 4.90 Å². The van der Waals surface area contributed by atoms with Gasteiger partial charge < -0.3 is 9.80 Å². The Morgan fingerprint density at radius 2 is 1.50 bits per heavy atom. The number of carbonyl (C=O) groups excluding carboxylic acids is 1. The number of carbonyl (C=O) groups is 1. The van der Waals surface area contributed by atoms with E-state index in [0.29, 0.717) is 0 Å². The van der Waals surface area contributed by atoms with Crippen LogP contribution in [0.4, 0.5) is 0 Å². The van der Waals surface area contributed by atoms with Crippen LogP contribution < -0.4 is 0 Å². The van der Waals surface area contributed by atoms with Crippen molar-refractivity contribution in [2.45, 2.75) is 25.7 Å². The molecule has 0 N–H and O–H groups in total. The Bertz CT molecular complexity index is 225. The minimum Gasteiger partial charge on any atom is -0.377 e. The number of likely N-dealkylation sites (tertiary alicyclic amines) is 2. The standard InChI is InChI=1S/C11H18N2O/c14-11(13-8-3-4-9-13)5-10-12-6-1-2-7-12/h5,10H,1-4,6-9H2/b10-5+. The van der Waals surface area contributed by atoms with E-state index in [1.165, 1.54) is 25.7 Å². The molecular weight excluding hydrogens is 176 g/mol. The highest BCUT2D eigenvalue weighted by Gasteiger charge is 2.15. The second-order valence-corrected chi connectivity index (χ2v) is 4.09. The first kappa shape index (κ1) is 9.56. The van der Waals surface area contributed by atoms with Crippen molar-refractivity contribution in [3.05, 3.63) is 12.3 Å². The zero-order valence-corrected chi connectivity index (χ0v) is 8.61. The van der Waals surface area contributed by atoms with Crippen molar-refractivity contribution < 1.29 is 4.79 Å². The molecule has 0 atom stereocenters. The van der Waals surface area contributed by atoms with Gasteiger partial charge in [-0.25, -0.2) is 0 Å². The molecule has 3 heteroatoms. The molecule has 2 aliphatic rings. The van der Waals surface area contributed by atoms with Gasteiger partial charge in [-0.3, -0.25) is 4.79 Å². The fraction of sp³-hybridized carbons (Fsp3) is 0.727. The minimum absolute atomic E-state index is 0.189. The van der Waals surface area contributed by atoms with Gasteiger partial charge in [-0.1, -0.05) is 0 Å². The molecule has 78 valence electrons. The summed E-state index contributed by atoms with van der Waals surface area (Å²) in [5, 5.41) is 0. The first-order valence-corrected chi connectivity index (χ1v) is 5.57. The Hall–Kier alpha value is -0.990. The van der Waals surface area contributed by atoms with Crippen LogP contribution in [0.5, 0.6) is 0 Å². The van der Waals surface area contributed by atoms with Crippen LogP contribution in [0.25, 0.3) is 0 Å². The smallest absolute Gasteiger partial charge is 0.248 e. The van der Waals surface area contributed by atoms with Crippen LogP contribution in [0.2, 0.25) is 0 Å². The maximum Gasteiger partial charge on any atom is 0.248 e. The monoisotopic (exact) mass is 194 g/mol. The van der Waals surface area contributed by atoms with E-state index in [1.54, 1.807) is 6.08 Å². The fourth-order valence-electron chi connectivity index (χ4n) is 2.10. The summed E-state index contributed by atoms with van der Waals surface area (Å²) in [5.41, 5.74) is 0. The van der Waals surface area contributed by atoms with E-state index in [9.17, 15) is 4.79 Å². The molecule has 2 aliphatic heterocycles. The molecule has 3 nitrogen and oxygen atoms in total. The molecule has 0 spiro atoms. The van der Waals surface area contributed by atoms with Crippen LogP contribution in [-0.2, 0) is 4.79 Å². The average Bonchev–Trinajstić information content (AvgIpc) is 2.87. The van der Waals surface area contributed by atoms with Gasteiger partial charge in [0.05, 0.1) is 0 Å². The van der Waals surface area contributed by atoms with Crippen molar-refractivity contribution in [1.82, 2.24) is 9.80 Å². The predicted octanol–water partition coefficient (Wildman–Crippen LogP) is 1.22. The first-order chi connectivity index (χ1) is 6.86. The molecule has 14 heavy (non-hydrogen) atoms. The summed E-state index contributed by atoms with van der Waals surface area (Å²) in [6, 6.07) is 0. The van der Waals surface area contributed by atoms with Gasteiger partial charge in [0.1, 0.15) is 0 Å². The lowest BCUT2D eigenvalue weighted by atomic mass is 10.4. The van der Waals surface area contributed by atoms with Crippen LogP contribution in [-0.4, -0.2) is 41.9 Å². The third-order valence-corrected chi connectivity index (χ3v) is 2.99. The molecule has 0 radical (unpaired) electrons. The topological polar surface area (TPSA) is 23.6 Å². The van der Waals surface area contributed by atoms with Crippen LogP contribution in [0.3, 0.4) is 0 Å². The van der Waals surface area contributed by atoms with Crippen molar-refractivity contribution in [1.29, 1.82) is 0 Å². The summed E-state index contributed by atoms with van der Waals surface area (Å²) in [6.45, 7) is 4.12. The molecule has 2 heterocycles. The van der Waals surface area contributed by atoms with Gasteiger partial charge in [-0.05, 0) is 25.7 Å². The Kier molecular flexibility index (Phi) is 3.07. The number of rotatable bonds is 2. The molecule has 0 aliphatic carbocycles. The predicted molar refractivity (Wildman–Crippen MR) is 55.8 cm³/mol. The molecule has 0 bridgehead atoms. The van der Waals surface area contributed by atoms with Crippen molar-refractivity contribution in [2.24, 2.45) is 0 Å². The lowest BCUT2D eigenvalue weighted by Gasteiger charge is -2.14. The molecule has 0 aromatic carbocycles. The summed E-state index contributed by atoms with van der Waals surface area (Å²) in [5.74, 6) is 0.189. The van der Waals surface area contributed by atoms with Gasteiger partial charge in [0.25, 0.3) is 0 Å². The number of nitrogens with zero attached hydrogens (tertiary/aromatic N) is 2. The summed E-state index contributed by atoms with van der Waals surface area (Å²) in [6.07, 6.45) is 8.57. The second-order valence-electron chi connectivity index (χ2n) is 4.09. The first-order valence-electron chi connectivity index (χ1n) is 5.57. The average molecular weight is 194 g/mol. The third-order valence-electron chi connectivity index (χ3n) is 2.99. The lowest BCUT2D eigenvalue weighted by molar-refractivity contribution is -0.125. The van der Waals surface area contributed by atoms with Crippen LogP contribution >= 0.6 is 0 Å². The Balaban J connectivity index is 1.80. The van der Waals surface area contributed by atoms with Crippen molar-refractivity contribution in [2.75, 3.05) is 26.2 Å². The largest absolute Gasteiger partial charge is 0.377 e. The molecule has 2 saturated heterocycles. The summed E-state index contributed by atoms with van der Waals surface area (Å²) < 4.78 is 0. The molecule has 0 aromatic rings. The SMILES string of the molecule is O=C(/C=C/N1CCCC1)N1CCCC1. The fourth-order valence-corrected chi connectivity index (χ4v) is 2.10. The molecule has 1 amide bonds. The Labute approximate surface area is 85.4 Å². The quantitative estimate of drug-likeness (QED) is 0.617. The summed E-state index contributed by atoms with van der Waals surface area (Å²) in [7, 11) is 0. The van der Waals surface area contributed by atoms with E-state index in [-0.39, 0.29) is 5.91 Å². The van der Waals surface area contributed by atoms with Gasteiger partial charge in [0.2, 0.25) is 5.91 Å². The van der Waals surface area contributed by atoms with Gasteiger partial charge in [-0.2, -0.15) is 0 Å². The molecule has 2 rings (SSSR count). The summed E-state index contributed by atoms with van der Waals surface area (Å²) in [4.78, 5) is 15.8. The Morgan fingerprint density at radius 3 is 2.14 bits per heavy atom. The minimum atomic E-state index is 0.189. The van der Waals surface area contributed by atoms with E-state index in [4.69, 9.17) is 0 Å². The zero-order valence-electron chi connectivity index (χ0n) is 8.61. The number of hydrogen-bond acceptors (Lipinski definition) is 2. The van der Waals surface area contributed by atoms with Crippen LogP contribution in [0, 0.1) is 0 Å². The van der Waals surface area contributed by atoms with E-state index >= 15 is 0 Å². The molecule has 0 saturated carbocycles. The molecule has 2 fully saturated rings. The maximum absolute atomic E-state index is 11.6. The van der Waals surface area contributed by atoms with Gasteiger partial charge in [-0.15, -0.1) is 0 Å². The van der Waals surface area contributed by atoms with Gasteiger partial charge in [0.15, 0.2) is 0 Å². The van der Waals surface area contributed by atoms with Crippen molar-refractivity contribution >= 4 is 5.91 Å². The highest BCUT2D eigenvalue weighted by atomic mass is 16.2.